The molecule has 24 heavy (non-hydrogen) atoms. The second-order valence-corrected chi connectivity index (χ2v) is 7.10. The molecule has 0 saturated carbocycles. The Morgan fingerprint density at radius 1 is 1.17 bits per heavy atom. The lowest BCUT2D eigenvalue weighted by atomic mass is 10.1. The van der Waals surface area contributed by atoms with Crippen molar-refractivity contribution >= 4 is 68.2 Å². The van der Waals surface area contributed by atoms with Crippen LogP contribution < -0.4 is 8.85 Å². The molecule has 0 bridgehead atoms. The lowest BCUT2D eigenvalue weighted by Gasteiger charge is -1.96. The number of benzene rings is 1. The van der Waals surface area contributed by atoms with Gasteiger partial charge >= 0.3 is 0 Å². The van der Waals surface area contributed by atoms with Gasteiger partial charge in [-0.25, -0.2) is 9.97 Å². The fourth-order valence-electron chi connectivity index (χ4n) is 1.95. The van der Waals surface area contributed by atoms with Crippen LogP contribution in [-0.4, -0.2) is 21.7 Å². The summed E-state index contributed by atoms with van der Waals surface area (Å²) in [6.07, 6.45) is 0. The van der Waals surface area contributed by atoms with Crippen molar-refractivity contribution < 1.29 is 9.59 Å². The molecule has 2 aromatic heterocycles. The van der Waals surface area contributed by atoms with Crippen molar-refractivity contribution in [2.75, 3.05) is 8.85 Å². The average molecular weight is 470 g/mol. The van der Waals surface area contributed by atoms with E-state index >= 15 is 0 Å². The van der Waals surface area contributed by atoms with Gasteiger partial charge in [0.05, 0.1) is 22.9 Å². The summed E-state index contributed by atoms with van der Waals surface area (Å²) in [7, 11) is 0. The maximum atomic E-state index is 12.5. The van der Waals surface area contributed by atoms with Gasteiger partial charge in [-0.15, -0.1) is 11.3 Å². The van der Waals surface area contributed by atoms with Gasteiger partial charge < -0.3 is 8.85 Å². The third kappa shape index (κ3) is 3.62. The lowest BCUT2D eigenvalue weighted by molar-refractivity contribution is -0.114. The molecule has 1 aromatic carbocycles. The van der Waals surface area contributed by atoms with Crippen LogP contribution >= 0.6 is 45.5 Å². The van der Waals surface area contributed by atoms with Gasteiger partial charge in [-0.3, -0.25) is 9.59 Å². The largest absolute Gasteiger partial charge is 0.312 e. The maximum absolute atomic E-state index is 12.5. The highest BCUT2D eigenvalue weighted by Gasteiger charge is 2.19. The van der Waals surface area contributed by atoms with Gasteiger partial charge in [-0.2, -0.15) is 0 Å². The fraction of sp³-hybridized carbons (Fsp3) is 0.0667. The predicted molar refractivity (Wildman–Crippen MR) is 105 cm³/mol. The van der Waals surface area contributed by atoms with E-state index < -0.39 is 0 Å². The number of thiazole rings is 2. The van der Waals surface area contributed by atoms with E-state index in [1.807, 2.05) is 41.1 Å². The Morgan fingerprint density at radius 3 is 2.58 bits per heavy atom. The first kappa shape index (κ1) is 17.0. The van der Waals surface area contributed by atoms with Crippen LogP contribution in [-0.2, 0) is 4.79 Å². The molecule has 9 heteroatoms. The quantitative estimate of drug-likeness (QED) is 0.332. The molecular weight excluding hydrogens is 459 g/mol. The van der Waals surface area contributed by atoms with Crippen LogP contribution in [0.25, 0.3) is 9.88 Å². The maximum Gasteiger partial charge on any atom is 0.223 e. The average Bonchev–Trinajstić information content (AvgIpc) is 3.21. The molecule has 2 N–H and O–H groups in total. The number of carbonyl (C=O) groups excluding carboxylic acids is 2. The molecule has 122 valence electrons. The van der Waals surface area contributed by atoms with Gasteiger partial charge in [0.1, 0.15) is 15.6 Å². The zero-order chi connectivity index (χ0) is 17.1. The van der Waals surface area contributed by atoms with Crippen molar-refractivity contribution in [1.82, 2.24) is 9.97 Å². The molecule has 0 aliphatic carbocycles. The molecule has 1 amide bonds. The molecule has 0 unspecified atom stereocenters. The van der Waals surface area contributed by atoms with Crippen LogP contribution in [0.15, 0.2) is 35.7 Å². The summed E-state index contributed by atoms with van der Waals surface area (Å²) in [5.41, 5.74) is 1.000. The number of nitrogens with zero attached hydrogens (tertiary/aromatic N) is 2. The summed E-state index contributed by atoms with van der Waals surface area (Å²) in [5, 5.41) is 5.57. The second-order valence-electron chi connectivity index (χ2n) is 4.71. The Labute approximate surface area is 159 Å². The number of nitrogens with one attached hydrogen (secondary N) is 2. The van der Waals surface area contributed by atoms with Gasteiger partial charge in [0.15, 0.2) is 10.9 Å². The van der Waals surface area contributed by atoms with Crippen LogP contribution in [0.4, 0.5) is 10.9 Å². The van der Waals surface area contributed by atoms with Crippen molar-refractivity contribution in [2.45, 2.75) is 6.92 Å². The summed E-state index contributed by atoms with van der Waals surface area (Å²) >= 11 is 4.66. The van der Waals surface area contributed by atoms with Gasteiger partial charge in [-0.05, 0) is 0 Å². The SMILES string of the molecule is CC(=O)Nc1nc(NI)c(-c2nc(C(=O)c3ccccc3)cs2)s1. The van der Waals surface area contributed by atoms with E-state index in [1.165, 1.54) is 29.6 Å². The van der Waals surface area contributed by atoms with Gasteiger partial charge in [0.25, 0.3) is 0 Å². The molecule has 2 heterocycles. The molecular formula is C15H11IN4O2S2. The van der Waals surface area contributed by atoms with Crippen LogP contribution in [0, 0.1) is 0 Å². The highest BCUT2D eigenvalue weighted by Crippen LogP contribution is 2.39. The molecule has 0 fully saturated rings. The van der Waals surface area contributed by atoms with Crippen LogP contribution in [0.1, 0.15) is 23.0 Å². The summed E-state index contributed by atoms with van der Waals surface area (Å²) < 4.78 is 2.96. The van der Waals surface area contributed by atoms with Crippen LogP contribution in [0.3, 0.4) is 0 Å². The number of rotatable bonds is 5. The Balaban J connectivity index is 1.92. The zero-order valence-electron chi connectivity index (χ0n) is 12.4. The van der Waals surface area contributed by atoms with Gasteiger partial charge in [-0.1, -0.05) is 41.7 Å². The van der Waals surface area contributed by atoms with Crippen molar-refractivity contribution in [1.29, 1.82) is 0 Å². The number of halogens is 1. The van der Waals surface area contributed by atoms with E-state index in [2.05, 4.69) is 18.8 Å². The summed E-state index contributed by atoms with van der Waals surface area (Å²) in [5.74, 6) is 0.306. The van der Waals surface area contributed by atoms with E-state index in [9.17, 15) is 9.59 Å². The topological polar surface area (TPSA) is 84.0 Å². The summed E-state index contributed by atoms with van der Waals surface area (Å²) in [4.78, 5) is 33.2. The second kappa shape index (κ2) is 7.36. The molecule has 3 rings (SSSR count). The van der Waals surface area contributed by atoms with Gasteiger partial charge in [0.2, 0.25) is 11.7 Å². The molecule has 3 aromatic rings. The fourth-order valence-corrected chi connectivity index (χ4v) is 4.38. The third-order valence-electron chi connectivity index (χ3n) is 2.97. The molecule has 0 aliphatic rings. The Morgan fingerprint density at radius 2 is 1.92 bits per heavy atom. The van der Waals surface area contributed by atoms with E-state index in [0.717, 1.165) is 4.88 Å². The first-order valence-electron chi connectivity index (χ1n) is 6.79. The minimum absolute atomic E-state index is 0.117. The number of amides is 1. The number of hydrogen-bond acceptors (Lipinski definition) is 7. The van der Waals surface area contributed by atoms with Crippen molar-refractivity contribution in [3.05, 3.63) is 47.0 Å². The standard InChI is InChI=1S/C15H11IN4O2S2/c1-8(21)17-15-19-13(20-16)12(24-15)14-18-10(7-23-14)11(22)9-5-3-2-4-6-9/h2-7,20H,1H3,(H,17,19,21). The first-order valence-corrected chi connectivity index (χ1v) is 9.56. The van der Waals surface area contributed by atoms with Gasteiger partial charge in [0, 0.05) is 17.9 Å². The zero-order valence-corrected chi connectivity index (χ0v) is 16.2. The smallest absolute Gasteiger partial charge is 0.223 e. The number of hydrogen-bond donors (Lipinski definition) is 2. The molecule has 6 nitrogen and oxygen atoms in total. The van der Waals surface area contributed by atoms with E-state index in [-0.39, 0.29) is 11.7 Å². The number of anilines is 2. The van der Waals surface area contributed by atoms with E-state index in [0.29, 0.717) is 27.2 Å². The number of ketones is 1. The minimum Gasteiger partial charge on any atom is -0.312 e. The first-order chi connectivity index (χ1) is 11.6. The molecule has 0 saturated heterocycles. The molecule has 0 atom stereocenters. The monoisotopic (exact) mass is 470 g/mol. The highest BCUT2D eigenvalue weighted by atomic mass is 127. The summed E-state index contributed by atoms with van der Waals surface area (Å²) in [6.45, 7) is 1.43. The van der Waals surface area contributed by atoms with Crippen molar-refractivity contribution in [2.24, 2.45) is 0 Å². The molecule has 0 spiro atoms. The van der Waals surface area contributed by atoms with E-state index in [1.54, 1.807) is 17.5 Å². The molecule has 0 radical (unpaired) electrons. The third-order valence-corrected chi connectivity index (χ3v) is 5.44. The van der Waals surface area contributed by atoms with Crippen LogP contribution in [0.2, 0.25) is 0 Å². The summed E-state index contributed by atoms with van der Waals surface area (Å²) in [6, 6.07) is 9.03. The number of aromatic nitrogens is 2. The van der Waals surface area contributed by atoms with E-state index in [4.69, 9.17) is 0 Å². The Hall–Kier alpha value is -1.85. The predicted octanol–water partition coefficient (Wildman–Crippen LogP) is 4.22. The Kier molecular flexibility index (Phi) is 5.21. The lowest BCUT2D eigenvalue weighted by Crippen LogP contribution is -2.04. The molecule has 0 aliphatic heterocycles. The Bertz CT molecular complexity index is 892. The number of carbonyl (C=O) groups is 2. The normalized spacial score (nSPS) is 10.4. The highest BCUT2D eigenvalue weighted by molar-refractivity contribution is 14.1. The minimum atomic E-state index is -0.186. The van der Waals surface area contributed by atoms with Crippen LogP contribution in [0.5, 0.6) is 0 Å². The van der Waals surface area contributed by atoms with Crippen molar-refractivity contribution in [3.63, 3.8) is 0 Å². The van der Waals surface area contributed by atoms with Crippen molar-refractivity contribution in [3.8, 4) is 9.88 Å².